The highest BCUT2D eigenvalue weighted by Gasteiger charge is 2.37. The number of halogens is 1. The van der Waals surface area contributed by atoms with Gasteiger partial charge in [-0.15, -0.1) is 0 Å². The number of rotatable bonds is 4. The van der Waals surface area contributed by atoms with E-state index in [-0.39, 0.29) is 6.04 Å². The van der Waals surface area contributed by atoms with Crippen molar-refractivity contribution >= 4 is 11.6 Å². The molecule has 0 saturated heterocycles. The van der Waals surface area contributed by atoms with Crippen LogP contribution in [0.3, 0.4) is 0 Å². The Bertz CT molecular complexity index is 822. The van der Waals surface area contributed by atoms with Gasteiger partial charge in [0.15, 0.2) is 11.5 Å². The summed E-state index contributed by atoms with van der Waals surface area (Å²) in [6.45, 7) is 3.44. The lowest BCUT2D eigenvalue weighted by molar-refractivity contribution is 0.145. The summed E-state index contributed by atoms with van der Waals surface area (Å²) < 4.78 is 11.2. The lowest BCUT2D eigenvalue weighted by Crippen LogP contribution is -2.42. The molecule has 144 valence electrons. The van der Waals surface area contributed by atoms with Crippen LogP contribution in [-0.2, 0) is 6.42 Å². The van der Waals surface area contributed by atoms with Crippen molar-refractivity contribution in [1.29, 1.82) is 0 Å². The molecule has 0 spiro atoms. The Morgan fingerprint density at radius 3 is 2.48 bits per heavy atom. The maximum absolute atomic E-state index is 6.36. The van der Waals surface area contributed by atoms with E-state index in [1.54, 1.807) is 14.2 Å². The molecule has 4 rings (SSSR count). The number of benzene rings is 2. The summed E-state index contributed by atoms with van der Waals surface area (Å²) in [5.41, 5.74) is 3.93. The molecule has 0 bridgehead atoms. The van der Waals surface area contributed by atoms with Crippen molar-refractivity contribution < 1.29 is 9.47 Å². The van der Waals surface area contributed by atoms with Gasteiger partial charge < -0.3 is 9.47 Å². The first kappa shape index (κ1) is 18.6. The summed E-state index contributed by atoms with van der Waals surface area (Å²) in [5, 5.41) is 0.792. The molecular formula is C23H28ClNO2. The van der Waals surface area contributed by atoms with Gasteiger partial charge in [0, 0.05) is 17.6 Å². The van der Waals surface area contributed by atoms with Crippen LogP contribution in [0.5, 0.6) is 11.5 Å². The summed E-state index contributed by atoms with van der Waals surface area (Å²) in [6.07, 6.45) is 4.92. The third-order valence-electron chi connectivity index (χ3n) is 6.21. The van der Waals surface area contributed by atoms with Crippen molar-refractivity contribution in [3.63, 3.8) is 0 Å². The second-order valence-electron chi connectivity index (χ2n) is 7.92. The van der Waals surface area contributed by atoms with E-state index in [1.165, 1.54) is 36.0 Å². The number of ether oxygens (including phenoxy) is 2. The van der Waals surface area contributed by atoms with Gasteiger partial charge in [-0.1, -0.05) is 30.7 Å². The molecule has 0 aromatic heterocycles. The molecule has 2 aliphatic rings. The van der Waals surface area contributed by atoms with Crippen LogP contribution >= 0.6 is 11.6 Å². The van der Waals surface area contributed by atoms with E-state index in [0.29, 0.717) is 6.04 Å². The molecule has 3 nitrogen and oxygen atoms in total. The molecule has 1 aliphatic heterocycles. The molecule has 0 radical (unpaired) electrons. The molecule has 2 aromatic carbocycles. The Kier molecular flexibility index (Phi) is 5.34. The van der Waals surface area contributed by atoms with Crippen LogP contribution in [0, 0.1) is 5.92 Å². The zero-order valence-electron chi connectivity index (χ0n) is 16.4. The van der Waals surface area contributed by atoms with Crippen LogP contribution in [0.1, 0.15) is 48.9 Å². The van der Waals surface area contributed by atoms with Gasteiger partial charge in [-0.2, -0.15) is 0 Å². The maximum Gasteiger partial charge on any atom is 0.161 e. The summed E-state index contributed by atoms with van der Waals surface area (Å²) >= 11 is 6.36. The average molecular weight is 386 g/mol. The Labute approximate surface area is 167 Å². The number of nitrogens with zero attached hydrogens (tertiary/aromatic N) is 1. The third kappa shape index (κ3) is 3.55. The average Bonchev–Trinajstić information content (AvgIpc) is 3.12. The zero-order valence-corrected chi connectivity index (χ0v) is 17.1. The highest BCUT2D eigenvalue weighted by molar-refractivity contribution is 6.30. The number of hydrogen-bond donors (Lipinski definition) is 0. The van der Waals surface area contributed by atoms with E-state index in [4.69, 9.17) is 21.1 Å². The van der Waals surface area contributed by atoms with E-state index in [9.17, 15) is 0 Å². The third-order valence-corrected chi connectivity index (χ3v) is 6.45. The van der Waals surface area contributed by atoms with E-state index in [1.807, 2.05) is 6.07 Å². The molecule has 0 amide bonds. The summed E-state index contributed by atoms with van der Waals surface area (Å²) in [4.78, 5) is 2.70. The normalized spacial score (nSPS) is 25.3. The molecule has 27 heavy (non-hydrogen) atoms. The summed E-state index contributed by atoms with van der Waals surface area (Å²) in [6, 6.07) is 13.5. The topological polar surface area (TPSA) is 21.7 Å². The van der Waals surface area contributed by atoms with Crippen LogP contribution in [0.2, 0.25) is 5.02 Å². The first-order valence-corrected chi connectivity index (χ1v) is 10.2. The Balaban J connectivity index is 1.82. The van der Waals surface area contributed by atoms with Crippen molar-refractivity contribution in [3.8, 4) is 11.5 Å². The quantitative estimate of drug-likeness (QED) is 0.694. The van der Waals surface area contributed by atoms with Gasteiger partial charge in [0.1, 0.15) is 0 Å². The number of fused-ring (bicyclic) bond motifs is 1. The fourth-order valence-corrected chi connectivity index (χ4v) is 5.08. The minimum atomic E-state index is 0.211. The van der Waals surface area contributed by atoms with Gasteiger partial charge in [0.2, 0.25) is 0 Å². The molecule has 1 heterocycles. The van der Waals surface area contributed by atoms with Gasteiger partial charge in [-0.3, -0.25) is 4.90 Å². The number of methoxy groups -OCH3 is 2. The van der Waals surface area contributed by atoms with Crippen LogP contribution in [0.15, 0.2) is 36.4 Å². The van der Waals surface area contributed by atoms with E-state index < -0.39 is 0 Å². The standard InChI is InChI=1S/C23H28ClNO2/c1-15-7-8-19(11-15)25-10-9-16-13-21(26-2)22(27-3)14-20(16)23(25)17-5-4-6-18(24)12-17/h4-6,12-15,19,23H,7-11H2,1-3H3/t15-,19-,23-/m1/s1. The SMILES string of the molecule is COc1cc2c(cc1OC)[C@@H](c1cccc(Cl)c1)N([C@@H]1CC[C@@H](C)C1)CC2. The predicted molar refractivity (Wildman–Crippen MR) is 110 cm³/mol. The van der Waals surface area contributed by atoms with E-state index in [0.717, 1.165) is 35.4 Å². The lowest BCUT2D eigenvalue weighted by Gasteiger charge is -2.42. The van der Waals surface area contributed by atoms with Crippen LogP contribution in [0.4, 0.5) is 0 Å². The van der Waals surface area contributed by atoms with Gasteiger partial charge in [-0.05, 0) is 72.6 Å². The Hall–Kier alpha value is -1.71. The Morgan fingerprint density at radius 1 is 1.04 bits per heavy atom. The molecule has 3 atom stereocenters. The minimum absolute atomic E-state index is 0.211. The predicted octanol–water partition coefficient (Wildman–Crippen LogP) is 5.49. The fourth-order valence-electron chi connectivity index (χ4n) is 4.88. The molecular weight excluding hydrogens is 358 g/mol. The van der Waals surface area contributed by atoms with Gasteiger partial charge in [0.25, 0.3) is 0 Å². The molecule has 0 N–H and O–H groups in total. The highest BCUT2D eigenvalue weighted by Crippen LogP contribution is 2.44. The maximum atomic E-state index is 6.36. The fraction of sp³-hybridized carbons (Fsp3) is 0.478. The lowest BCUT2D eigenvalue weighted by atomic mass is 9.86. The summed E-state index contributed by atoms with van der Waals surface area (Å²) in [7, 11) is 3.41. The largest absolute Gasteiger partial charge is 0.493 e. The molecule has 1 saturated carbocycles. The first-order valence-electron chi connectivity index (χ1n) is 9.86. The van der Waals surface area contributed by atoms with Crippen LogP contribution < -0.4 is 9.47 Å². The van der Waals surface area contributed by atoms with E-state index >= 15 is 0 Å². The van der Waals surface area contributed by atoms with Crippen LogP contribution in [0.25, 0.3) is 0 Å². The van der Waals surface area contributed by atoms with Crippen molar-refractivity contribution in [2.75, 3.05) is 20.8 Å². The van der Waals surface area contributed by atoms with E-state index in [2.05, 4.69) is 42.2 Å². The zero-order chi connectivity index (χ0) is 19.0. The smallest absolute Gasteiger partial charge is 0.161 e. The minimum Gasteiger partial charge on any atom is -0.493 e. The summed E-state index contributed by atoms with van der Waals surface area (Å²) in [5.74, 6) is 2.41. The van der Waals surface area contributed by atoms with Crippen molar-refractivity contribution in [2.45, 2.75) is 44.7 Å². The van der Waals surface area contributed by atoms with Gasteiger partial charge in [0.05, 0.1) is 20.3 Å². The second-order valence-corrected chi connectivity index (χ2v) is 8.36. The van der Waals surface area contributed by atoms with Gasteiger partial charge in [-0.25, -0.2) is 0 Å². The monoisotopic (exact) mass is 385 g/mol. The molecule has 4 heteroatoms. The van der Waals surface area contributed by atoms with Crippen molar-refractivity contribution in [2.24, 2.45) is 5.92 Å². The Morgan fingerprint density at radius 2 is 1.81 bits per heavy atom. The van der Waals surface area contributed by atoms with Crippen LogP contribution in [-0.4, -0.2) is 31.7 Å². The second kappa shape index (κ2) is 7.73. The number of hydrogen-bond acceptors (Lipinski definition) is 3. The molecule has 0 unspecified atom stereocenters. The van der Waals surface area contributed by atoms with Crippen molar-refractivity contribution in [1.82, 2.24) is 4.90 Å². The van der Waals surface area contributed by atoms with Gasteiger partial charge >= 0.3 is 0 Å². The highest BCUT2D eigenvalue weighted by atomic mass is 35.5. The molecule has 1 fully saturated rings. The molecule has 1 aliphatic carbocycles. The molecule has 2 aromatic rings. The van der Waals surface area contributed by atoms with Crippen molar-refractivity contribution in [3.05, 3.63) is 58.1 Å². The first-order chi connectivity index (χ1) is 13.1.